The first-order valence-corrected chi connectivity index (χ1v) is 6.78. The van der Waals surface area contributed by atoms with E-state index in [0.29, 0.717) is 24.7 Å². The number of aliphatic hydroxyl groups excluding tert-OH is 1. The van der Waals surface area contributed by atoms with Gasteiger partial charge in [0.05, 0.1) is 13.2 Å². The van der Waals surface area contributed by atoms with E-state index in [1.54, 1.807) is 11.3 Å². The van der Waals surface area contributed by atoms with Gasteiger partial charge in [-0.15, -0.1) is 0 Å². The number of benzene rings is 1. The van der Waals surface area contributed by atoms with Gasteiger partial charge in [-0.2, -0.15) is 11.3 Å². The van der Waals surface area contributed by atoms with Crippen LogP contribution in [0.1, 0.15) is 18.1 Å². The zero-order valence-corrected chi connectivity index (χ0v) is 11.1. The average molecular weight is 264 g/mol. The van der Waals surface area contributed by atoms with Crippen LogP contribution in [-0.4, -0.2) is 11.7 Å². The Labute approximate surface area is 111 Å². The third kappa shape index (κ3) is 3.24. The summed E-state index contributed by atoms with van der Waals surface area (Å²) in [7, 11) is 0. The number of thiophene rings is 1. The summed E-state index contributed by atoms with van der Waals surface area (Å²) in [6, 6.07) is 7.52. The minimum absolute atomic E-state index is 0.00485. The van der Waals surface area contributed by atoms with E-state index in [0.717, 1.165) is 11.1 Å². The second-order valence-corrected chi connectivity index (χ2v) is 4.57. The Morgan fingerprint density at radius 2 is 2.00 bits per heavy atom. The summed E-state index contributed by atoms with van der Waals surface area (Å²) in [6.07, 6.45) is 0. The molecule has 2 rings (SSSR count). The van der Waals surface area contributed by atoms with Crippen LogP contribution in [0.4, 0.5) is 0 Å². The summed E-state index contributed by atoms with van der Waals surface area (Å²) < 4.78 is 11.2. The molecule has 2 aromatic rings. The third-order valence-electron chi connectivity index (χ3n) is 2.46. The van der Waals surface area contributed by atoms with E-state index in [1.807, 2.05) is 36.6 Å². The van der Waals surface area contributed by atoms with Crippen LogP contribution in [0.25, 0.3) is 0 Å². The highest BCUT2D eigenvalue weighted by Gasteiger charge is 2.06. The largest absolute Gasteiger partial charge is 0.490 e. The van der Waals surface area contributed by atoms with Crippen LogP contribution in [0.15, 0.2) is 35.0 Å². The van der Waals surface area contributed by atoms with Crippen molar-refractivity contribution in [2.45, 2.75) is 20.1 Å². The van der Waals surface area contributed by atoms with Crippen LogP contribution < -0.4 is 9.47 Å². The average Bonchev–Trinajstić information content (AvgIpc) is 2.90. The molecule has 0 saturated carbocycles. The van der Waals surface area contributed by atoms with Crippen LogP contribution in [0.5, 0.6) is 11.5 Å². The van der Waals surface area contributed by atoms with Crippen molar-refractivity contribution in [2.24, 2.45) is 0 Å². The molecule has 1 aromatic carbocycles. The maximum absolute atomic E-state index is 9.11. The van der Waals surface area contributed by atoms with Crippen LogP contribution in [0.3, 0.4) is 0 Å². The van der Waals surface area contributed by atoms with Crippen LogP contribution >= 0.6 is 11.3 Å². The van der Waals surface area contributed by atoms with Gasteiger partial charge in [0.15, 0.2) is 11.5 Å². The number of hydrogen-bond acceptors (Lipinski definition) is 4. The van der Waals surface area contributed by atoms with Gasteiger partial charge in [0.2, 0.25) is 0 Å². The molecule has 0 spiro atoms. The highest BCUT2D eigenvalue weighted by atomic mass is 32.1. The van der Waals surface area contributed by atoms with Crippen molar-refractivity contribution in [3.05, 3.63) is 46.2 Å². The van der Waals surface area contributed by atoms with Gasteiger partial charge >= 0.3 is 0 Å². The van der Waals surface area contributed by atoms with E-state index in [9.17, 15) is 0 Å². The lowest BCUT2D eigenvalue weighted by Gasteiger charge is -2.12. The Morgan fingerprint density at radius 1 is 1.11 bits per heavy atom. The Bertz CT molecular complexity index is 480. The van der Waals surface area contributed by atoms with Crippen molar-refractivity contribution in [3.63, 3.8) is 0 Å². The molecule has 0 saturated heterocycles. The van der Waals surface area contributed by atoms with Crippen molar-refractivity contribution < 1.29 is 14.6 Å². The zero-order valence-electron chi connectivity index (χ0n) is 10.3. The summed E-state index contributed by atoms with van der Waals surface area (Å²) in [6.45, 7) is 3.03. The van der Waals surface area contributed by atoms with Crippen LogP contribution in [-0.2, 0) is 13.2 Å². The fourth-order valence-corrected chi connectivity index (χ4v) is 2.23. The van der Waals surface area contributed by atoms with Gasteiger partial charge in [-0.1, -0.05) is 6.07 Å². The lowest BCUT2D eigenvalue weighted by molar-refractivity contribution is 0.264. The van der Waals surface area contributed by atoms with Crippen molar-refractivity contribution in [2.75, 3.05) is 6.61 Å². The fraction of sp³-hybridized carbons (Fsp3) is 0.286. The zero-order chi connectivity index (χ0) is 12.8. The number of aliphatic hydroxyl groups is 1. The maximum Gasteiger partial charge on any atom is 0.161 e. The van der Waals surface area contributed by atoms with E-state index in [1.165, 1.54) is 0 Å². The van der Waals surface area contributed by atoms with Crippen molar-refractivity contribution in [1.82, 2.24) is 0 Å². The first kappa shape index (κ1) is 12.9. The summed E-state index contributed by atoms with van der Waals surface area (Å²) in [5, 5.41) is 13.2. The van der Waals surface area contributed by atoms with E-state index < -0.39 is 0 Å². The van der Waals surface area contributed by atoms with Crippen LogP contribution in [0, 0.1) is 0 Å². The molecule has 0 atom stereocenters. The first-order valence-electron chi connectivity index (χ1n) is 5.84. The number of hydrogen-bond donors (Lipinski definition) is 1. The van der Waals surface area contributed by atoms with Crippen molar-refractivity contribution in [1.29, 1.82) is 0 Å². The third-order valence-corrected chi connectivity index (χ3v) is 3.20. The molecule has 0 aliphatic rings. The van der Waals surface area contributed by atoms with Crippen molar-refractivity contribution >= 4 is 11.3 Å². The van der Waals surface area contributed by atoms with E-state index in [2.05, 4.69) is 5.38 Å². The monoisotopic (exact) mass is 264 g/mol. The lowest BCUT2D eigenvalue weighted by Crippen LogP contribution is -1.99. The van der Waals surface area contributed by atoms with Gasteiger partial charge in [-0.25, -0.2) is 0 Å². The summed E-state index contributed by atoms with van der Waals surface area (Å²) in [5.74, 6) is 1.39. The molecule has 1 N–H and O–H groups in total. The standard InChI is InChI=1S/C14H16O3S/c1-2-16-14-7-11(8-15)3-4-13(14)17-9-12-5-6-18-10-12/h3-7,10,15H,2,8-9H2,1H3. The van der Waals surface area contributed by atoms with Gasteiger partial charge in [0.25, 0.3) is 0 Å². The minimum Gasteiger partial charge on any atom is -0.490 e. The molecule has 1 heterocycles. The topological polar surface area (TPSA) is 38.7 Å². The predicted octanol–water partition coefficient (Wildman–Crippen LogP) is 3.22. The van der Waals surface area contributed by atoms with E-state index >= 15 is 0 Å². The molecule has 0 amide bonds. The highest BCUT2D eigenvalue weighted by Crippen LogP contribution is 2.29. The predicted molar refractivity (Wildman–Crippen MR) is 72.2 cm³/mol. The SMILES string of the molecule is CCOc1cc(CO)ccc1OCc1ccsc1. The molecule has 0 radical (unpaired) electrons. The molecular weight excluding hydrogens is 248 g/mol. The second-order valence-electron chi connectivity index (χ2n) is 3.79. The van der Waals surface area contributed by atoms with Gasteiger partial charge in [-0.05, 0) is 47.0 Å². The van der Waals surface area contributed by atoms with E-state index in [-0.39, 0.29) is 6.61 Å². The Hall–Kier alpha value is -1.52. The fourth-order valence-electron chi connectivity index (χ4n) is 1.57. The van der Waals surface area contributed by atoms with Gasteiger partial charge in [0.1, 0.15) is 6.61 Å². The molecule has 4 heteroatoms. The van der Waals surface area contributed by atoms with Gasteiger partial charge in [0, 0.05) is 0 Å². The van der Waals surface area contributed by atoms with Crippen molar-refractivity contribution in [3.8, 4) is 11.5 Å². The summed E-state index contributed by atoms with van der Waals surface area (Å²) in [5.41, 5.74) is 1.97. The highest BCUT2D eigenvalue weighted by molar-refractivity contribution is 7.07. The number of rotatable bonds is 6. The quantitative estimate of drug-likeness (QED) is 0.870. The molecule has 0 aliphatic carbocycles. The van der Waals surface area contributed by atoms with Gasteiger partial charge < -0.3 is 14.6 Å². The smallest absolute Gasteiger partial charge is 0.161 e. The molecular formula is C14H16O3S. The second kappa shape index (κ2) is 6.42. The number of ether oxygens (including phenoxy) is 2. The first-order chi connectivity index (χ1) is 8.83. The Morgan fingerprint density at radius 3 is 2.67 bits per heavy atom. The summed E-state index contributed by atoms with van der Waals surface area (Å²) >= 11 is 1.65. The van der Waals surface area contributed by atoms with Gasteiger partial charge in [-0.3, -0.25) is 0 Å². The normalized spacial score (nSPS) is 10.3. The molecule has 0 unspecified atom stereocenters. The maximum atomic E-state index is 9.11. The molecule has 3 nitrogen and oxygen atoms in total. The minimum atomic E-state index is 0.00485. The molecule has 0 bridgehead atoms. The van der Waals surface area contributed by atoms with Crippen LogP contribution in [0.2, 0.25) is 0 Å². The summed E-state index contributed by atoms with van der Waals surface area (Å²) in [4.78, 5) is 0. The lowest BCUT2D eigenvalue weighted by atomic mass is 10.2. The molecule has 18 heavy (non-hydrogen) atoms. The van der Waals surface area contributed by atoms with E-state index in [4.69, 9.17) is 14.6 Å². The Kier molecular flexibility index (Phi) is 4.61. The molecule has 0 fully saturated rings. The Balaban J connectivity index is 2.10. The molecule has 96 valence electrons. The molecule has 1 aromatic heterocycles. The molecule has 0 aliphatic heterocycles.